The second kappa shape index (κ2) is 8.86. The Labute approximate surface area is 178 Å². The molecular weight excluding hydrogens is 376 g/mol. The van der Waals surface area contributed by atoms with Gasteiger partial charge in [-0.25, -0.2) is 9.97 Å². The third kappa shape index (κ3) is 4.32. The van der Waals surface area contributed by atoms with Gasteiger partial charge in [0.1, 0.15) is 11.6 Å². The summed E-state index contributed by atoms with van der Waals surface area (Å²) in [7, 11) is 0. The SMILES string of the molecule is CC(=O)N1CCN(c2nc(C3=C/CC=CC/C=C\3O)nc3c2CCCC(C)=C3)CC1. The number of piperazine rings is 1. The third-order valence-electron chi connectivity index (χ3n) is 6.01. The number of aliphatic hydroxyl groups excluding tert-OH is 1. The lowest BCUT2D eigenvalue weighted by atomic mass is 10.1. The van der Waals surface area contributed by atoms with Crippen LogP contribution < -0.4 is 4.90 Å². The van der Waals surface area contributed by atoms with Crippen LogP contribution >= 0.6 is 0 Å². The number of rotatable bonds is 2. The van der Waals surface area contributed by atoms with Crippen LogP contribution in [0.15, 0.2) is 35.6 Å². The molecule has 0 saturated carbocycles. The summed E-state index contributed by atoms with van der Waals surface area (Å²) in [6, 6.07) is 0. The minimum absolute atomic E-state index is 0.123. The minimum atomic E-state index is 0.123. The van der Waals surface area contributed by atoms with Crippen molar-refractivity contribution in [3.8, 4) is 0 Å². The average Bonchev–Trinajstić information content (AvgIpc) is 2.91. The average molecular weight is 407 g/mol. The van der Waals surface area contributed by atoms with Crippen LogP contribution in [0.2, 0.25) is 0 Å². The van der Waals surface area contributed by atoms with Crippen molar-refractivity contribution in [3.63, 3.8) is 0 Å². The molecule has 0 radical (unpaired) electrons. The molecule has 1 N–H and O–H groups in total. The zero-order valence-corrected chi connectivity index (χ0v) is 17.9. The van der Waals surface area contributed by atoms with Gasteiger partial charge in [0.05, 0.1) is 11.3 Å². The summed E-state index contributed by atoms with van der Waals surface area (Å²) < 4.78 is 0. The predicted octanol–water partition coefficient (Wildman–Crippen LogP) is 4.06. The van der Waals surface area contributed by atoms with Crippen molar-refractivity contribution in [2.75, 3.05) is 31.1 Å². The number of hydrogen-bond acceptors (Lipinski definition) is 5. The smallest absolute Gasteiger partial charge is 0.219 e. The molecule has 1 aromatic rings. The Kier molecular flexibility index (Phi) is 6.02. The zero-order chi connectivity index (χ0) is 21.1. The summed E-state index contributed by atoms with van der Waals surface area (Å²) in [5, 5.41) is 10.6. The van der Waals surface area contributed by atoms with Crippen LogP contribution in [0.5, 0.6) is 0 Å². The molecule has 1 fully saturated rings. The topological polar surface area (TPSA) is 69.6 Å². The fraction of sp³-hybridized carbons (Fsp3) is 0.458. The molecule has 1 aromatic heterocycles. The second-order valence-electron chi connectivity index (χ2n) is 8.22. The monoisotopic (exact) mass is 406 g/mol. The number of aliphatic hydroxyl groups is 1. The molecule has 158 valence electrons. The van der Waals surface area contributed by atoms with E-state index in [1.807, 2.05) is 23.1 Å². The van der Waals surface area contributed by atoms with Crippen molar-refractivity contribution in [2.45, 2.75) is 46.0 Å². The Bertz CT molecular complexity index is 950. The summed E-state index contributed by atoms with van der Waals surface area (Å²) in [5.74, 6) is 1.89. The van der Waals surface area contributed by atoms with Crippen molar-refractivity contribution in [1.82, 2.24) is 14.9 Å². The highest BCUT2D eigenvalue weighted by Gasteiger charge is 2.26. The zero-order valence-electron chi connectivity index (χ0n) is 17.9. The normalized spacial score (nSPS) is 23.2. The van der Waals surface area contributed by atoms with E-state index < -0.39 is 0 Å². The van der Waals surface area contributed by atoms with E-state index in [1.54, 1.807) is 6.92 Å². The molecule has 4 rings (SSSR count). The molecule has 1 aliphatic heterocycles. The highest BCUT2D eigenvalue weighted by Crippen LogP contribution is 2.32. The van der Waals surface area contributed by atoms with Gasteiger partial charge in [0.25, 0.3) is 0 Å². The van der Waals surface area contributed by atoms with Gasteiger partial charge in [-0.3, -0.25) is 4.79 Å². The number of fused-ring (bicyclic) bond motifs is 1. The van der Waals surface area contributed by atoms with Crippen molar-refractivity contribution in [1.29, 1.82) is 0 Å². The quantitative estimate of drug-likeness (QED) is 0.750. The van der Waals surface area contributed by atoms with E-state index in [-0.39, 0.29) is 11.7 Å². The molecule has 2 heterocycles. The number of carbonyl (C=O) groups is 1. The Balaban J connectivity index is 1.77. The molecule has 0 bridgehead atoms. The number of allylic oxidation sites excluding steroid dienone is 6. The van der Waals surface area contributed by atoms with Crippen molar-refractivity contribution in [2.24, 2.45) is 0 Å². The maximum Gasteiger partial charge on any atom is 0.219 e. The van der Waals surface area contributed by atoms with Gasteiger partial charge < -0.3 is 14.9 Å². The number of amides is 1. The van der Waals surface area contributed by atoms with Gasteiger partial charge in [-0.1, -0.05) is 23.8 Å². The molecule has 6 heteroatoms. The number of hydrogen-bond donors (Lipinski definition) is 1. The van der Waals surface area contributed by atoms with Crippen LogP contribution in [0.3, 0.4) is 0 Å². The summed E-state index contributed by atoms with van der Waals surface area (Å²) in [6.45, 7) is 6.71. The van der Waals surface area contributed by atoms with E-state index in [0.717, 1.165) is 50.3 Å². The van der Waals surface area contributed by atoms with Crippen molar-refractivity contribution < 1.29 is 9.90 Å². The van der Waals surface area contributed by atoms with E-state index in [0.29, 0.717) is 30.9 Å². The number of aromatic nitrogens is 2. The Hall–Kier alpha value is -2.89. The van der Waals surface area contributed by atoms with Crippen LogP contribution in [-0.2, 0) is 11.2 Å². The van der Waals surface area contributed by atoms with Gasteiger partial charge >= 0.3 is 0 Å². The molecule has 1 saturated heterocycles. The lowest BCUT2D eigenvalue weighted by molar-refractivity contribution is -0.129. The maximum absolute atomic E-state index is 11.7. The molecule has 0 aromatic carbocycles. The molecule has 6 nitrogen and oxygen atoms in total. The van der Waals surface area contributed by atoms with Crippen LogP contribution in [0.1, 0.15) is 56.6 Å². The van der Waals surface area contributed by atoms with Gasteiger partial charge in [-0.15, -0.1) is 0 Å². The van der Waals surface area contributed by atoms with Crippen LogP contribution in [0.4, 0.5) is 5.82 Å². The molecule has 0 spiro atoms. The number of anilines is 1. The Morgan fingerprint density at radius 2 is 1.77 bits per heavy atom. The largest absolute Gasteiger partial charge is 0.508 e. The van der Waals surface area contributed by atoms with Crippen LogP contribution in [0.25, 0.3) is 11.6 Å². The van der Waals surface area contributed by atoms with Gasteiger partial charge in [-0.05, 0) is 51.2 Å². The summed E-state index contributed by atoms with van der Waals surface area (Å²) in [6.07, 6.45) is 14.6. The fourth-order valence-corrected chi connectivity index (χ4v) is 4.29. The first-order chi connectivity index (χ1) is 14.5. The first kappa shape index (κ1) is 20.4. The first-order valence-corrected chi connectivity index (χ1v) is 10.9. The van der Waals surface area contributed by atoms with Gasteiger partial charge in [-0.2, -0.15) is 0 Å². The van der Waals surface area contributed by atoms with E-state index in [4.69, 9.17) is 9.97 Å². The van der Waals surface area contributed by atoms with Gasteiger partial charge in [0.2, 0.25) is 5.91 Å². The Morgan fingerprint density at radius 1 is 1.03 bits per heavy atom. The molecule has 1 amide bonds. The summed E-state index contributed by atoms with van der Waals surface area (Å²) in [4.78, 5) is 25.8. The molecular formula is C24H30N4O2. The van der Waals surface area contributed by atoms with E-state index in [9.17, 15) is 9.90 Å². The lowest BCUT2D eigenvalue weighted by Gasteiger charge is -2.36. The fourth-order valence-electron chi connectivity index (χ4n) is 4.29. The van der Waals surface area contributed by atoms with E-state index in [1.165, 1.54) is 11.1 Å². The molecule has 2 aliphatic carbocycles. The summed E-state index contributed by atoms with van der Waals surface area (Å²) >= 11 is 0. The molecule has 0 unspecified atom stereocenters. The number of carbonyl (C=O) groups excluding carboxylic acids is 1. The van der Waals surface area contributed by atoms with E-state index >= 15 is 0 Å². The van der Waals surface area contributed by atoms with Gasteiger partial charge in [0.15, 0.2) is 5.82 Å². The van der Waals surface area contributed by atoms with Gasteiger partial charge in [0, 0.05) is 38.7 Å². The minimum Gasteiger partial charge on any atom is -0.508 e. The highest BCUT2D eigenvalue weighted by atomic mass is 16.3. The second-order valence-corrected chi connectivity index (χ2v) is 8.22. The van der Waals surface area contributed by atoms with Crippen LogP contribution in [0, 0.1) is 0 Å². The third-order valence-corrected chi connectivity index (χ3v) is 6.01. The molecule has 0 atom stereocenters. The first-order valence-electron chi connectivity index (χ1n) is 10.9. The Morgan fingerprint density at radius 3 is 2.50 bits per heavy atom. The lowest BCUT2D eigenvalue weighted by Crippen LogP contribution is -2.48. The molecule has 3 aliphatic rings. The maximum atomic E-state index is 11.7. The molecule has 30 heavy (non-hydrogen) atoms. The van der Waals surface area contributed by atoms with E-state index in [2.05, 4.69) is 24.0 Å². The summed E-state index contributed by atoms with van der Waals surface area (Å²) in [5.41, 5.74) is 4.16. The number of nitrogens with zero attached hydrogens (tertiary/aromatic N) is 4. The standard InChI is InChI=1S/C24H30N4O2/c1-17-8-7-10-19-21(16-17)25-23(20-9-5-3-4-6-11-22(20)30)26-24(19)28-14-12-27(13-15-28)18(2)29/h3-4,9,11,16,30H,5-8,10,12-15H2,1-2H3/b4-3?,20-9+,22-11+. The predicted molar refractivity (Wildman–Crippen MR) is 120 cm³/mol. The highest BCUT2D eigenvalue weighted by molar-refractivity contribution is 5.76. The van der Waals surface area contributed by atoms with Crippen molar-refractivity contribution in [3.05, 3.63) is 52.7 Å². The van der Waals surface area contributed by atoms with Crippen molar-refractivity contribution >= 4 is 23.4 Å². The van der Waals surface area contributed by atoms with Crippen LogP contribution in [-0.4, -0.2) is 52.1 Å².